The van der Waals surface area contributed by atoms with E-state index in [0.717, 1.165) is 23.9 Å². The van der Waals surface area contributed by atoms with Gasteiger partial charge in [0.15, 0.2) is 5.60 Å². The smallest absolute Gasteiger partial charge is 0.256 e. The molecule has 0 bridgehead atoms. The number of likely N-dealkylation sites (N-methyl/N-ethyl adjacent to an activating group) is 1. The summed E-state index contributed by atoms with van der Waals surface area (Å²) in [5, 5.41) is 2.36. The number of ether oxygens (including phenoxy) is 2. The quantitative estimate of drug-likeness (QED) is 0.587. The first-order valence-corrected chi connectivity index (χ1v) is 12.2. The van der Waals surface area contributed by atoms with Gasteiger partial charge < -0.3 is 19.3 Å². The van der Waals surface area contributed by atoms with Crippen molar-refractivity contribution in [3.63, 3.8) is 0 Å². The van der Waals surface area contributed by atoms with Gasteiger partial charge in [-0.25, -0.2) is 0 Å². The summed E-state index contributed by atoms with van der Waals surface area (Å²) in [7, 11) is 2.07. The molecule has 3 heterocycles. The topological polar surface area (TPSA) is 54.9 Å². The number of hydrogen-bond donors (Lipinski definition) is 0. The van der Waals surface area contributed by atoms with Crippen LogP contribution in [0.4, 0.5) is 0 Å². The first-order chi connectivity index (χ1) is 16.6. The van der Waals surface area contributed by atoms with Crippen LogP contribution >= 0.6 is 0 Å². The van der Waals surface area contributed by atoms with E-state index >= 15 is 0 Å². The van der Waals surface area contributed by atoms with E-state index in [1.165, 1.54) is 10.9 Å². The van der Waals surface area contributed by atoms with E-state index in [0.29, 0.717) is 45.9 Å². The molecule has 3 aromatic rings. The number of aromatic nitrogens is 1. The molecule has 0 radical (unpaired) electrons. The maximum atomic E-state index is 14.1. The molecule has 6 nitrogen and oxygen atoms in total. The molecule has 0 unspecified atom stereocenters. The zero-order chi connectivity index (χ0) is 23.4. The number of hydrogen-bond acceptors (Lipinski definition) is 5. The number of carbonyl (C=O) groups excluding carboxylic acids is 1. The largest absolute Gasteiger partial charge is 0.379 e. The number of amides is 1. The Morgan fingerprint density at radius 1 is 1.06 bits per heavy atom. The molecule has 2 aliphatic rings. The minimum atomic E-state index is -0.871. The van der Waals surface area contributed by atoms with Crippen molar-refractivity contribution in [2.75, 3.05) is 53.0 Å². The highest BCUT2D eigenvalue weighted by atomic mass is 16.5. The van der Waals surface area contributed by atoms with Crippen LogP contribution in [0.1, 0.15) is 11.1 Å². The van der Waals surface area contributed by atoms with Gasteiger partial charge in [0.1, 0.15) is 0 Å². The Bertz CT molecular complexity index is 1120. The molecule has 34 heavy (non-hydrogen) atoms. The summed E-state index contributed by atoms with van der Waals surface area (Å²) in [6.07, 6.45) is 5.26. The highest BCUT2D eigenvalue weighted by molar-refractivity contribution is 5.86. The molecule has 1 amide bonds. The average molecular weight is 460 g/mol. The minimum absolute atomic E-state index is 0.0782. The van der Waals surface area contributed by atoms with E-state index in [1.54, 1.807) is 0 Å². The molecule has 2 aliphatic heterocycles. The summed E-state index contributed by atoms with van der Waals surface area (Å²) in [6.45, 7) is 4.43. The molecular weight excluding hydrogens is 426 g/mol. The Kier molecular flexibility index (Phi) is 6.90. The number of benzene rings is 2. The van der Waals surface area contributed by atoms with E-state index in [4.69, 9.17) is 9.47 Å². The van der Waals surface area contributed by atoms with Gasteiger partial charge in [0, 0.05) is 56.3 Å². The van der Waals surface area contributed by atoms with E-state index < -0.39 is 5.60 Å². The molecule has 2 saturated heterocycles. The maximum absolute atomic E-state index is 14.1. The van der Waals surface area contributed by atoms with Gasteiger partial charge in [-0.15, -0.1) is 0 Å². The number of rotatable bonds is 5. The number of fused-ring (bicyclic) bond motifs is 1. The molecule has 0 saturated carbocycles. The summed E-state index contributed by atoms with van der Waals surface area (Å²) in [5.74, 6) is 0.281. The van der Waals surface area contributed by atoms with Crippen molar-refractivity contribution in [3.8, 4) is 0 Å². The summed E-state index contributed by atoms with van der Waals surface area (Å²) in [5.41, 5.74) is 1.45. The zero-order valence-corrected chi connectivity index (χ0v) is 19.9. The third-order valence-corrected chi connectivity index (χ3v) is 6.98. The first-order valence-electron chi connectivity index (χ1n) is 12.2. The van der Waals surface area contributed by atoms with Gasteiger partial charge in [-0.05, 0) is 30.0 Å². The Balaban J connectivity index is 1.38. The van der Waals surface area contributed by atoms with Gasteiger partial charge in [-0.2, -0.15) is 0 Å². The Labute approximate surface area is 201 Å². The lowest BCUT2D eigenvalue weighted by Crippen LogP contribution is -2.61. The second kappa shape index (κ2) is 10.2. The van der Waals surface area contributed by atoms with E-state index in [-0.39, 0.29) is 11.8 Å². The van der Waals surface area contributed by atoms with E-state index in [2.05, 4.69) is 47.3 Å². The lowest BCUT2D eigenvalue weighted by molar-refractivity contribution is -0.170. The van der Waals surface area contributed by atoms with Crippen LogP contribution in [-0.4, -0.2) is 79.3 Å². The molecule has 1 aromatic heterocycles. The standard InChI is InChI=1S/C28H33N3O3/c1-30-11-14-34-28(21-30,16-22-7-3-2-4-8-22)27(32)31-12-13-33-20-23(19-31)15-25-18-29-17-24-9-5-6-10-26(24)25/h2-10,17-18,23H,11-16,19-21H2,1H3/t23-,28-/m1/s1. The van der Waals surface area contributed by atoms with Gasteiger partial charge in [0.05, 0.1) is 19.8 Å². The SMILES string of the molecule is CN1CCO[C@@](Cc2ccccc2)(C(=O)N2CCOC[C@H](Cc3cncc4ccccc34)C2)C1. The van der Waals surface area contributed by atoms with Gasteiger partial charge in [-0.1, -0.05) is 54.6 Å². The van der Waals surface area contributed by atoms with Crippen LogP contribution in [0.3, 0.4) is 0 Å². The zero-order valence-electron chi connectivity index (χ0n) is 19.9. The normalized spacial score (nSPS) is 24.1. The summed E-state index contributed by atoms with van der Waals surface area (Å²) in [4.78, 5) is 22.7. The van der Waals surface area contributed by atoms with Crippen molar-refractivity contribution in [3.05, 3.63) is 78.1 Å². The number of pyridine rings is 1. The number of nitrogens with zero attached hydrogens (tertiary/aromatic N) is 3. The monoisotopic (exact) mass is 459 g/mol. The lowest BCUT2D eigenvalue weighted by Gasteiger charge is -2.43. The summed E-state index contributed by atoms with van der Waals surface area (Å²) >= 11 is 0. The third kappa shape index (κ3) is 4.99. The van der Waals surface area contributed by atoms with Crippen LogP contribution in [0, 0.1) is 5.92 Å². The molecule has 2 fully saturated rings. The highest BCUT2D eigenvalue weighted by Gasteiger charge is 2.46. The predicted molar refractivity (Wildman–Crippen MR) is 133 cm³/mol. The fraction of sp³-hybridized carbons (Fsp3) is 0.429. The number of carbonyl (C=O) groups is 1. The van der Waals surface area contributed by atoms with Crippen molar-refractivity contribution in [1.29, 1.82) is 0 Å². The Morgan fingerprint density at radius 3 is 2.74 bits per heavy atom. The summed E-state index contributed by atoms with van der Waals surface area (Å²) in [6, 6.07) is 18.5. The van der Waals surface area contributed by atoms with Crippen LogP contribution < -0.4 is 0 Å². The van der Waals surface area contributed by atoms with Gasteiger partial charge >= 0.3 is 0 Å². The minimum Gasteiger partial charge on any atom is -0.379 e. The van der Waals surface area contributed by atoms with Crippen LogP contribution in [0.15, 0.2) is 67.0 Å². The molecule has 0 aliphatic carbocycles. The molecule has 2 atom stereocenters. The van der Waals surface area contributed by atoms with Crippen LogP contribution in [-0.2, 0) is 27.1 Å². The van der Waals surface area contributed by atoms with E-state index in [9.17, 15) is 4.79 Å². The summed E-state index contributed by atoms with van der Waals surface area (Å²) < 4.78 is 12.3. The molecule has 5 rings (SSSR count). The molecule has 6 heteroatoms. The van der Waals surface area contributed by atoms with Crippen molar-refractivity contribution in [1.82, 2.24) is 14.8 Å². The van der Waals surface area contributed by atoms with Crippen molar-refractivity contribution >= 4 is 16.7 Å². The fourth-order valence-corrected chi connectivity index (χ4v) is 5.32. The number of morpholine rings is 1. The second-order valence-electron chi connectivity index (χ2n) is 9.66. The van der Waals surface area contributed by atoms with Gasteiger partial charge in [-0.3, -0.25) is 9.78 Å². The highest BCUT2D eigenvalue weighted by Crippen LogP contribution is 2.28. The Hall–Kier alpha value is -2.80. The average Bonchev–Trinajstić information content (AvgIpc) is 3.10. The maximum Gasteiger partial charge on any atom is 0.256 e. The molecule has 0 spiro atoms. The van der Waals surface area contributed by atoms with Crippen LogP contribution in [0.5, 0.6) is 0 Å². The first kappa shape index (κ1) is 23.0. The lowest BCUT2D eigenvalue weighted by atomic mass is 9.90. The van der Waals surface area contributed by atoms with Crippen LogP contribution in [0.25, 0.3) is 10.8 Å². The predicted octanol–water partition coefficient (Wildman–Crippen LogP) is 3.20. The fourth-order valence-electron chi connectivity index (χ4n) is 5.32. The molecule has 2 aromatic carbocycles. The van der Waals surface area contributed by atoms with Crippen LogP contribution in [0.2, 0.25) is 0 Å². The van der Waals surface area contributed by atoms with E-state index in [1.807, 2.05) is 41.6 Å². The second-order valence-corrected chi connectivity index (χ2v) is 9.66. The molecule has 0 N–H and O–H groups in total. The van der Waals surface area contributed by atoms with Gasteiger partial charge in [0.25, 0.3) is 5.91 Å². The van der Waals surface area contributed by atoms with Gasteiger partial charge in [0.2, 0.25) is 0 Å². The molecular formula is C28H33N3O3. The molecule has 178 valence electrons. The van der Waals surface area contributed by atoms with Crippen molar-refractivity contribution in [2.45, 2.75) is 18.4 Å². The Morgan fingerprint density at radius 2 is 1.88 bits per heavy atom. The third-order valence-electron chi connectivity index (χ3n) is 6.98. The van der Waals surface area contributed by atoms with Crippen molar-refractivity contribution < 1.29 is 14.3 Å². The van der Waals surface area contributed by atoms with Crippen molar-refractivity contribution in [2.24, 2.45) is 5.92 Å².